The Morgan fingerprint density at radius 2 is 1.80 bits per heavy atom. The van der Waals surface area contributed by atoms with E-state index in [1.165, 1.54) is 0 Å². The Hall–Kier alpha value is -2.75. The lowest BCUT2D eigenvalue weighted by molar-refractivity contribution is 0.163. The van der Waals surface area contributed by atoms with Gasteiger partial charge in [0, 0.05) is 12.1 Å². The molecule has 0 aliphatic rings. The first-order valence-electron chi connectivity index (χ1n) is 12.8. The number of aromatic nitrogens is 4. The molecule has 3 aromatic rings. The smallest absolute Gasteiger partial charge is 0.229 e. The number of aliphatic hydroxyl groups is 2. The molecule has 0 saturated carbocycles. The molecular formula is C26H41N7O2. The highest BCUT2D eigenvalue weighted by Crippen LogP contribution is 2.24. The summed E-state index contributed by atoms with van der Waals surface area (Å²) in [6.07, 6.45) is 7.19. The molecule has 9 nitrogen and oxygen atoms in total. The van der Waals surface area contributed by atoms with Crippen molar-refractivity contribution in [2.75, 3.05) is 23.8 Å². The minimum atomic E-state index is -0.443. The van der Waals surface area contributed by atoms with E-state index in [-0.39, 0.29) is 18.6 Å². The molecule has 1 unspecified atom stereocenters. The van der Waals surface area contributed by atoms with E-state index >= 15 is 0 Å². The van der Waals surface area contributed by atoms with Crippen LogP contribution in [0.4, 0.5) is 11.9 Å². The molecule has 192 valence electrons. The van der Waals surface area contributed by atoms with E-state index in [9.17, 15) is 10.2 Å². The van der Waals surface area contributed by atoms with Gasteiger partial charge in [-0.1, -0.05) is 64.3 Å². The average Bonchev–Trinajstić information content (AvgIpc) is 3.30. The molecule has 2 atom stereocenters. The van der Waals surface area contributed by atoms with Crippen molar-refractivity contribution in [1.29, 1.82) is 0 Å². The SMILES string of the molecule is CCC(CO)Nc1nc(NCc2ccc([C@@H](O)CCCCCCN)cc2)n2ncc(C(C)C)c2n1. The quantitative estimate of drug-likeness (QED) is 0.205. The van der Waals surface area contributed by atoms with E-state index in [1.807, 2.05) is 37.4 Å². The Morgan fingerprint density at radius 3 is 2.46 bits per heavy atom. The van der Waals surface area contributed by atoms with Crippen molar-refractivity contribution in [3.05, 3.63) is 47.2 Å². The fourth-order valence-electron chi connectivity index (χ4n) is 3.98. The van der Waals surface area contributed by atoms with Gasteiger partial charge in [-0.25, -0.2) is 0 Å². The van der Waals surface area contributed by atoms with Crippen LogP contribution in [-0.4, -0.2) is 49.0 Å². The van der Waals surface area contributed by atoms with Gasteiger partial charge in [0.15, 0.2) is 5.65 Å². The lowest BCUT2D eigenvalue weighted by Gasteiger charge is -2.16. The number of nitrogens with two attached hydrogens (primary N) is 1. The van der Waals surface area contributed by atoms with Gasteiger partial charge in [-0.3, -0.25) is 0 Å². The van der Waals surface area contributed by atoms with Crippen LogP contribution < -0.4 is 16.4 Å². The fraction of sp³-hybridized carbons (Fsp3) is 0.577. The summed E-state index contributed by atoms with van der Waals surface area (Å²) in [5.74, 6) is 1.31. The largest absolute Gasteiger partial charge is 0.394 e. The van der Waals surface area contributed by atoms with Crippen LogP contribution in [-0.2, 0) is 6.54 Å². The van der Waals surface area contributed by atoms with Crippen LogP contribution in [0.15, 0.2) is 30.5 Å². The molecule has 3 rings (SSSR count). The van der Waals surface area contributed by atoms with Crippen LogP contribution in [0.3, 0.4) is 0 Å². The number of aliphatic hydroxyl groups excluding tert-OH is 2. The molecule has 0 aliphatic carbocycles. The lowest BCUT2D eigenvalue weighted by Crippen LogP contribution is -2.24. The summed E-state index contributed by atoms with van der Waals surface area (Å²) < 4.78 is 1.73. The zero-order chi connectivity index (χ0) is 25.2. The molecule has 0 saturated heterocycles. The van der Waals surface area contributed by atoms with Crippen molar-refractivity contribution in [1.82, 2.24) is 19.6 Å². The highest BCUT2D eigenvalue weighted by atomic mass is 16.3. The predicted octanol–water partition coefficient (Wildman–Crippen LogP) is 3.99. The second-order valence-electron chi connectivity index (χ2n) is 9.40. The molecule has 0 aliphatic heterocycles. The van der Waals surface area contributed by atoms with Crippen LogP contribution in [0.1, 0.15) is 88.0 Å². The minimum absolute atomic E-state index is 0.00992. The first-order valence-corrected chi connectivity index (χ1v) is 12.8. The van der Waals surface area contributed by atoms with E-state index in [2.05, 4.69) is 39.5 Å². The molecule has 0 bridgehead atoms. The monoisotopic (exact) mass is 483 g/mol. The van der Waals surface area contributed by atoms with Crippen molar-refractivity contribution >= 4 is 17.5 Å². The molecule has 35 heavy (non-hydrogen) atoms. The number of anilines is 2. The van der Waals surface area contributed by atoms with Gasteiger partial charge in [0.1, 0.15) is 0 Å². The number of unbranched alkanes of at least 4 members (excludes halogenated alkanes) is 3. The Balaban J connectivity index is 1.69. The van der Waals surface area contributed by atoms with Gasteiger partial charge < -0.3 is 26.6 Å². The van der Waals surface area contributed by atoms with Gasteiger partial charge in [-0.2, -0.15) is 19.6 Å². The summed E-state index contributed by atoms with van der Waals surface area (Å²) in [6, 6.07) is 7.91. The van der Waals surface area contributed by atoms with Crippen molar-refractivity contribution in [2.45, 2.75) is 83.9 Å². The highest BCUT2D eigenvalue weighted by molar-refractivity contribution is 5.56. The van der Waals surface area contributed by atoms with E-state index in [4.69, 9.17) is 5.73 Å². The molecule has 1 aromatic carbocycles. The predicted molar refractivity (Wildman–Crippen MR) is 141 cm³/mol. The molecule has 0 radical (unpaired) electrons. The summed E-state index contributed by atoms with van der Waals surface area (Å²) in [6.45, 7) is 7.52. The molecule has 9 heteroatoms. The lowest BCUT2D eigenvalue weighted by atomic mass is 10.0. The Morgan fingerprint density at radius 1 is 1.06 bits per heavy atom. The Bertz CT molecular complexity index is 1030. The molecular weight excluding hydrogens is 442 g/mol. The second-order valence-corrected chi connectivity index (χ2v) is 9.40. The van der Waals surface area contributed by atoms with Gasteiger partial charge in [-0.15, -0.1) is 0 Å². The highest BCUT2D eigenvalue weighted by Gasteiger charge is 2.17. The van der Waals surface area contributed by atoms with Crippen molar-refractivity contribution in [3.8, 4) is 0 Å². The normalized spacial score (nSPS) is 13.3. The maximum absolute atomic E-state index is 10.5. The van der Waals surface area contributed by atoms with Crippen molar-refractivity contribution < 1.29 is 10.2 Å². The van der Waals surface area contributed by atoms with E-state index < -0.39 is 6.10 Å². The zero-order valence-corrected chi connectivity index (χ0v) is 21.2. The van der Waals surface area contributed by atoms with Crippen LogP contribution in [0.2, 0.25) is 0 Å². The summed E-state index contributed by atoms with van der Waals surface area (Å²) in [5, 5.41) is 31.2. The third-order valence-electron chi connectivity index (χ3n) is 6.31. The van der Waals surface area contributed by atoms with E-state index in [0.717, 1.165) is 67.4 Å². The third-order valence-corrected chi connectivity index (χ3v) is 6.31. The molecule has 2 aromatic heterocycles. The summed E-state index contributed by atoms with van der Waals surface area (Å²) >= 11 is 0. The topological polar surface area (TPSA) is 134 Å². The van der Waals surface area contributed by atoms with Crippen LogP contribution in [0, 0.1) is 0 Å². The van der Waals surface area contributed by atoms with Crippen molar-refractivity contribution in [3.63, 3.8) is 0 Å². The summed E-state index contributed by atoms with van der Waals surface area (Å²) in [5.41, 5.74) is 9.33. The van der Waals surface area contributed by atoms with Gasteiger partial charge >= 0.3 is 0 Å². The second kappa shape index (κ2) is 13.4. The number of rotatable bonds is 15. The Kier molecular flexibility index (Phi) is 10.3. The number of hydrogen-bond donors (Lipinski definition) is 5. The molecule has 6 N–H and O–H groups in total. The van der Waals surface area contributed by atoms with Crippen LogP contribution in [0.25, 0.3) is 5.65 Å². The molecule has 0 spiro atoms. The maximum atomic E-state index is 10.5. The number of benzene rings is 1. The standard InChI is InChI=1S/C26H41N7O2/c1-4-21(17-34)30-25-31-24-22(18(2)3)16-29-33(24)26(32-25)28-15-19-10-12-20(13-11-19)23(35)9-7-5-6-8-14-27/h10-13,16,18,21,23,34-35H,4-9,14-15,17,27H2,1-3H3,(H2,28,30,31,32)/t21?,23-/m0/s1. The fourth-order valence-corrected chi connectivity index (χ4v) is 3.98. The minimum Gasteiger partial charge on any atom is -0.394 e. The third kappa shape index (κ3) is 7.37. The number of nitrogens with zero attached hydrogens (tertiary/aromatic N) is 4. The number of nitrogens with one attached hydrogen (secondary N) is 2. The van der Waals surface area contributed by atoms with E-state index in [1.54, 1.807) is 4.52 Å². The van der Waals surface area contributed by atoms with Crippen LogP contribution in [0.5, 0.6) is 0 Å². The summed E-state index contributed by atoms with van der Waals surface area (Å²) in [7, 11) is 0. The molecule has 0 amide bonds. The summed E-state index contributed by atoms with van der Waals surface area (Å²) in [4.78, 5) is 9.31. The van der Waals surface area contributed by atoms with Gasteiger partial charge in [-0.05, 0) is 42.9 Å². The number of fused-ring (bicyclic) bond motifs is 1. The number of hydrogen-bond acceptors (Lipinski definition) is 8. The molecule has 0 fully saturated rings. The van der Waals surface area contributed by atoms with Crippen LogP contribution >= 0.6 is 0 Å². The first kappa shape index (κ1) is 26.8. The van der Waals surface area contributed by atoms with E-state index in [0.29, 0.717) is 18.4 Å². The maximum Gasteiger partial charge on any atom is 0.229 e. The van der Waals surface area contributed by atoms with Crippen molar-refractivity contribution in [2.24, 2.45) is 5.73 Å². The zero-order valence-electron chi connectivity index (χ0n) is 21.2. The van der Waals surface area contributed by atoms with Gasteiger partial charge in [0.25, 0.3) is 0 Å². The average molecular weight is 484 g/mol. The first-order chi connectivity index (χ1) is 17.0. The molecule has 2 heterocycles. The Labute approximate surface area is 208 Å². The van der Waals surface area contributed by atoms with Gasteiger partial charge in [0.05, 0.1) is 24.9 Å². The van der Waals surface area contributed by atoms with Gasteiger partial charge in [0.2, 0.25) is 11.9 Å².